The molecule has 0 spiro atoms. The van der Waals surface area contributed by atoms with Crippen LogP contribution < -0.4 is 4.74 Å². The van der Waals surface area contributed by atoms with Crippen molar-refractivity contribution in [1.82, 2.24) is 0 Å². The van der Waals surface area contributed by atoms with Gasteiger partial charge in [-0.3, -0.25) is 0 Å². The molecule has 8 heteroatoms. The lowest BCUT2D eigenvalue weighted by molar-refractivity contribution is -0.0506. The SMILES string of the molecule is CCc1c(OC(F)F)cc(C#N)cc1S(=O)(=O)Cl. The van der Waals surface area contributed by atoms with Gasteiger partial charge in [0, 0.05) is 16.2 Å². The zero-order valence-electron chi connectivity index (χ0n) is 9.15. The van der Waals surface area contributed by atoms with Gasteiger partial charge in [0.1, 0.15) is 5.75 Å². The maximum Gasteiger partial charge on any atom is 0.387 e. The van der Waals surface area contributed by atoms with Crippen molar-refractivity contribution in [3.05, 3.63) is 23.3 Å². The molecule has 0 bridgehead atoms. The van der Waals surface area contributed by atoms with Crippen LogP contribution in [0.25, 0.3) is 0 Å². The van der Waals surface area contributed by atoms with Crippen molar-refractivity contribution in [1.29, 1.82) is 5.26 Å². The van der Waals surface area contributed by atoms with Crippen LogP contribution in [0.3, 0.4) is 0 Å². The third-order valence-corrected chi connectivity index (χ3v) is 3.52. The lowest BCUT2D eigenvalue weighted by atomic mass is 10.1. The molecule has 0 aromatic heterocycles. The van der Waals surface area contributed by atoms with E-state index in [2.05, 4.69) is 4.74 Å². The minimum Gasteiger partial charge on any atom is -0.434 e. The molecule has 0 aliphatic heterocycles. The molecule has 0 amide bonds. The van der Waals surface area contributed by atoms with Crippen molar-refractivity contribution >= 4 is 19.7 Å². The standard InChI is InChI=1S/C10H8ClF2NO3S/c1-2-7-8(17-10(12)13)3-6(5-14)4-9(7)18(11,15)16/h3-4,10H,2H2,1H3. The van der Waals surface area contributed by atoms with E-state index in [1.807, 2.05) is 0 Å². The van der Waals surface area contributed by atoms with Gasteiger partial charge in [0.25, 0.3) is 9.05 Å². The summed E-state index contributed by atoms with van der Waals surface area (Å²) in [7, 11) is 1.06. The van der Waals surface area contributed by atoms with E-state index in [0.717, 1.165) is 12.1 Å². The highest BCUT2D eigenvalue weighted by molar-refractivity contribution is 8.13. The quantitative estimate of drug-likeness (QED) is 0.801. The highest BCUT2D eigenvalue weighted by Gasteiger charge is 2.21. The summed E-state index contributed by atoms with van der Waals surface area (Å²) in [6, 6.07) is 3.74. The van der Waals surface area contributed by atoms with Crippen molar-refractivity contribution in [3.63, 3.8) is 0 Å². The van der Waals surface area contributed by atoms with Crippen LogP contribution in [0.5, 0.6) is 5.75 Å². The van der Waals surface area contributed by atoms with Crippen LogP contribution >= 0.6 is 10.7 Å². The predicted molar refractivity (Wildman–Crippen MR) is 60.2 cm³/mol. The molecule has 0 N–H and O–H groups in total. The smallest absolute Gasteiger partial charge is 0.387 e. The summed E-state index contributed by atoms with van der Waals surface area (Å²) in [6.45, 7) is -1.55. The fourth-order valence-electron chi connectivity index (χ4n) is 1.45. The Balaban J connectivity index is 3.56. The molecule has 4 nitrogen and oxygen atoms in total. The first-order valence-corrected chi connectivity index (χ1v) is 7.07. The first-order valence-electron chi connectivity index (χ1n) is 4.76. The van der Waals surface area contributed by atoms with E-state index in [1.54, 1.807) is 13.0 Å². The molecular weight excluding hydrogens is 288 g/mol. The number of ether oxygens (including phenoxy) is 1. The normalized spacial score (nSPS) is 11.3. The average molecular weight is 296 g/mol. The maximum atomic E-state index is 12.2. The molecule has 0 heterocycles. The van der Waals surface area contributed by atoms with E-state index in [0.29, 0.717) is 0 Å². The number of benzene rings is 1. The zero-order chi connectivity index (χ0) is 13.9. The first kappa shape index (κ1) is 14.7. The number of rotatable bonds is 4. The number of hydrogen-bond donors (Lipinski definition) is 0. The molecule has 1 rings (SSSR count). The molecule has 0 atom stereocenters. The maximum absolute atomic E-state index is 12.2. The van der Waals surface area contributed by atoms with E-state index in [-0.39, 0.29) is 28.2 Å². The fraction of sp³-hybridized carbons (Fsp3) is 0.300. The minimum atomic E-state index is -4.14. The van der Waals surface area contributed by atoms with Gasteiger partial charge in [-0.25, -0.2) is 8.42 Å². The van der Waals surface area contributed by atoms with Gasteiger partial charge in [-0.1, -0.05) is 6.92 Å². The number of alkyl halides is 2. The Morgan fingerprint density at radius 2 is 2.11 bits per heavy atom. The Morgan fingerprint density at radius 3 is 2.50 bits per heavy atom. The predicted octanol–water partition coefficient (Wildman–Crippen LogP) is 2.65. The van der Waals surface area contributed by atoms with E-state index in [4.69, 9.17) is 15.9 Å². The molecule has 0 aliphatic rings. The second-order valence-electron chi connectivity index (χ2n) is 3.23. The van der Waals surface area contributed by atoms with Crippen molar-refractivity contribution in [2.75, 3.05) is 0 Å². The van der Waals surface area contributed by atoms with Gasteiger partial charge in [-0.15, -0.1) is 0 Å². The average Bonchev–Trinajstić information content (AvgIpc) is 2.25. The summed E-state index contributed by atoms with van der Waals surface area (Å²) in [5.74, 6) is -0.356. The van der Waals surface area contributed by atoms with Crippen molar-refractivity contribution in [2.45, 2.75) is 24.9 Å². The highest BCUT2D eigenvalue weighted by Crippen LogP contribution is 2.31. The van der Waals surface area contributed by atoms with E-state index < -0.39 is 15.7 Å². The summed E-state index contributed by atoms with van der Waals surface area (Å²) >= 11 is 0. The molecule has 98 valence electrons. The number of halogens is 3. The number of nitriles is 1. The molecule has 1 aromatic carbocycles. The van der Waals surface area contributed by atoms with E-state index >= 15 is 0 Å². The second kappa shape index (κ2) is 5.50. The summed E-state index contributed by atoms with van der Waals surface area (Å²) in [5, 5.41) is 8.72. The van der Waals surface area contributed by atoms with Crippen LogP contribution in [0.2, 0.25) is 0 Å². The molecule has 0 saturated carbocycles. The summed E-state index contributed by atoms with van der Waals surface area (Å²) in [5.41, 5.74) is -0.105. The fourth-order valence-corrected chi connectivity index (χ4v) is 2.67. The largest absolute Gasteiger partial charge is 0.434 e. The third-order valence-electron chi connectivity index (χ3n) is 2.13. The van der Waals surface area contributed by atoms with Crippen LogP contribution in [-0.2, 0) is 15.5 Å². The van der Waals surface area contributed by atoms with Crippen LogP contribution in [0.1, 0.15) is 18.1 Å². The van der Waals surface area contributed by atoms with Crippen molar-refractivity contribution in [2.24, 2.45) is 0 Å². The zero-order valence-corrected chi connectivity index (χ0v) is 10.7. The topological polar surface area (TPSA) is 67.2 Å². The van der Waals surface area contributed by atoms with Crippen LogP contribution in [-0.4, -0.2) is 15.0 Å². The second-order valence-corrected chi connectivity index (χ2v) is 5.77. The Morgan fingerprint density at radius 1 is 1.50 bits per heavy atom. The van der Waals surface area contributed by atoms with Crippen LogP contribution in [0.4, 0.5) is 8.78 Å². The molecule has 18 heavy (non-hydrogen) atoms. The van der Waals surface area contributed by atoms with Crippen LogP contribution in [0.15, 0.2) is 17.0 Å². The minimum absolute atomic E-state index is 0.0179. The summed E-state index contributed by atoms with van der Waals surface area (Å²) < 4.78 is 51.3. The molecule has 1 aromatic rings. The number of hydrogen-bond acceptors (Lipinski definition) is 4. The molecule has 0 unspecified atom stereocenters. The van der Waals surface area contributed by atoms with Gasteiger partial charge >= 0.3 is 6.61 Å². The van der Waals surface area contributed by atoms with Gasteiger partial charge in [-0.05, 0) is 18.6 Å². The molecule has 0 fully saturated rings. The molecule has 0 radical (unpaired) electrons. The van der Waals surface area contributed by atoms with Gasteiger partial charge < -0.3 is 4.74 Å². The van der Waals surface area contributed by atoms with Gasteiger partial charge in [0.2, 0.25) is 0 Å². The lowest BCUT2D eigenvalue weighted by Gasteiger charge is -2.12. The Kier molecular flexibility index (Phi) is 4.48. The Bertz CT molecular complexity index is 596. The highest BCUT2D eigenvalue weighted by atomic mass is 35.7. The molecule has 0 saturated heterocycles. The lowest BCUT2D eigenvalue weighted by Crippen LogP contribution is -2.08. The number of nitrogens with zero attached hydrogens (tertiary/aromatic N) is 1. The van der Waals surface area contributed by atoms with Gasteiger partial charge in [-0.2, -0.15) is 14.0 Å². The Hall–Kier alpha value is -1.39. The first-order chi connectivity index (χ1) is 8.29. The van der Waals surface area contributed by atoms with Crippen LogP contribution in [0, 0.1) is 11.3 Å². The molecule has 0 aliphatic carbocycles. The summed E-state index contributed by atoms with van der Waals surface area (Å²) in [6.07, 6.45) is 0.120. The van der Waals surface area contributed by atoms with Crippen molar-refractivity contribution in [3.8, 4) is 11.8 Å². The van der Waals surface area contributed by atoms with Gasteiger partial charge in [0.05, 0.1) is 16.5 Å². The monoisotopic (exact) mass is 295 g/mol. The Labute approximate surface area is 107 Å². The third kappa shape index (κ3) is 3.31. The summed E-state index contributed by atoms with van der Waals surface area (Å²) in [4.78, 5) is -0.388. The van der Waals surface area contributed by atoms with Gasteiger partial charge in [0.15, 0.2) is 0 Å². The van der Waals surface area contributed by atoms with E-state index in [1.165, 1.54) is 0 Å². The van der Waals surface area contributed by atoms with Crippen molar-refractivity contribution < 1.29 is 21.9 Å². The molecular formula is C10H8ClF2NO3S. The van der Waals surface area contributed by atoms with E-state index in [9.17, 15) is 17.2 Å².